The maximum Gasteiger partial charge on any atom is 0.329 e. The lowest BCUT2D eigenvalue weighted by atomic mass is 9.69. The van der Waals surface area contributed by atoms with Gasteiger partial charge in [0.1, 0.15) is 17.1 Å². The Morgan fingerprint density at radius 1 is 1.16 bits per heavy atom. The molecule has 2 aromatic rings. The van der Waals surface area contributed by atoms with Gasteiger partial charge in [-0.25, -0.2) is 4.79 Å². The van der Waals surface area contributed by atoms with Gasteiger partial charge in [0.05, 0.1) is 0 Å². The van der Waals surface area contributed by atoms with Crippen LogP contribution in [0.2, 0.25) is 10.0 Å². The van der Waals surface area contributed by atoms with E-state index in [9.17, 15) is 9.59 Å². The molecule has 0 bridgehead atoms. The highest BCUT2D eigenvalue weighted by atomic mass is 35.5. The molecule has 0 aromatic heterocycles. The first-order chi connectivity index (χ1) is 15.1. The lowest BCUT2D eigenvalue weighted by Gasteiger charge is -2.35. The molecule has 2 atom stereocenters. The number of hydrogen-bond donors (Lipinski definition) is 2. The van der Waals surface area contributed by atoms with E-state index in [2.05, 4.69) is 10.6 Å². The van der Waals surface area contributed by atoms with Crippen LogP contribution < -0.4 is 10.6 Å². The van der Waals surface area contributed by atoms with Crippen LogP contribution in [0.5, 0.6) is 0 Å². The molecule has 1 amide bonds. The van der Waals surface area contributed by atoms with E-state index in [4.69, 9.17) is 27.9 Å². The average molecular weight is 473 g/mol. The van der Waals surface area contributed by atoms with Crippen LogP contribution in [0.1, 0.15) is 44.7 Å². The van der Waals surface area contributed by atoms with Crippen LogP contribution >= 0.6 is 23.2 Å². The lowest BCUT2D eigenvalue weighted by molar-refractivity contribution is -0.157. The maximum absolute atomic E-state index is 13.5. The van der Waals surface area contributed by atoms with Gasteiger partial charge in [0, 0.05) is 15.7 Å². The summed E-state index contributed by atoms with van der Waals surface area (Å²) in [5, 5.41) is 7.37. The number of amides is 1. The molecule has 168 valence electrons. The van der Waals surface area contributed by atoms with E-state index in [-0.39, 0.29) is 11.9 Å². The average Bonchev–Trinajstić information content (AvgIpc) is 2.98. The topological polar surface area (TPSA) is 67.4 Å². The van der Waals surface area contributed by atoms with E-state index in [1.54, 1.807) is 12.1 Å². The standard InChI is InChI=1S/C25H26Cl2N2O3/c1-24(2,3)32-22(30)20-10-7-16(14-28-20)25(13-15-5-4-6-17(26)11-15)19-9-8-18(27)12-21(19)29-23(25)31/h4-6,8-9,11-12,14,20,28H,7,10,13H2,1-3H3,(H,29,31). The number of fused-ring (bicyclic) bond motifs is 1. The van der Waals surface area contributed by atoms with Crippen LogP contribution in [-0.2, 0) is 26.2 Å². The van der Waals surface area contributed by atoms with E-state index >= 15 is 0 Å². The second-order valence-electron chi connectivity index (χ2n) is 9.32. The van der Waals surface area contributed by atoms with E-state index in [0.717, 1.165) is 16.7 Å². The van der Waals surface area contributed by atoms with Gasteiger partial charge in [0.25, 0.3) is 0 Å². The number of benzene rings is 2. The first-order valence-corrected chi connectivity index (χ1v) is 11.4. The Morgan fingerprint density at radius 3 is 2.56 bits per heavy atom. The van der Waals surface area contributed by atoms with Crippen LogP contribution in [0.25, 0.3) is 0 Å². The van der Waals surface area contributed by atoms with Crippen molar-refractivity contribution >= 4 is 40.8 Å². The predicted molar refractivity (Wildman–Crippen MR) is 127 cm³/mol. The normalized spacial score (nSPS) is 22.5. The van der Waals surface area contributed by atoms with Gasteiger partial charge < -0.3 is 15.4 Å². The summed E-state index contributed by atoms with van der Waals surface area (Å²) < 4.78 is 5.52. The summed E-state index contributed by atoms with van der Waals surface area (Å²) in [7, 11) is 0. The van der Waals surface area contributed by atoms with Gasteiger partial charge in [-0.2, -0.15) is 0 Å². The van der Waals surface area contributed by atoms with Crippen LogP contribution in [-0.4, -0.2) is 23.5 Å². The van der Waals surface area contributed by atoms with Crippen molar-refractivity contribution in [2.75, 3.05) is 5.32 Å². The Morgan fingerprint density at radius 2 is 1.91 bits per heavy atom. The molecule has 5 nitrogen and oxygen atoms in total. The number of esters is 1. The number of rotatable bonds is 4. The van der Waals surface area contributed by atoms with Crippen molar-refractivity contribution in [3.63, 3.8) is 0 Å². The summed E-state index contributed by atoms with van der Waals surface area (Å²) >= 11 is 12.4. The van der Waals surface area contributed by atoms with Crippen LogP contribution in [0, 0.1) is 0 Å². The summed E-state index contributed by atoms with van der Waals surface area (Å²) in [5.41, 5.74) is 1.97. The highest BCUT2D eigenvalue weighted by Crippen LogP contribution is 2.48. The van der Waals surface area contributed by atoms with E-state index in [0.29, 0.717) is 35.0 Å². The van der Waals surface area contributed by atoms with Crippen molar-refractivity contribution in [2.45, 2.75) is 57.1 Å². The minimum absolute atomic E-state index is 0.112. The molecule has 0 radical (unpaired) electrons. The smallest absolute Gasteiger partial charge is 0.329 e. The molecule has 2 aliphatic rings. The monoisotopic (exact) mass is 472 g/mol. The Labute approximate surface area is 198 Å². The van der Waals surface area contributed by atoms with Crippen molar-refractivity contribution < 1.29 is 14.3 Å². The van der Waals surface area contributed by atoms with Gasteiger partial charge in [-0.05, 0) is 87.2 Å². The van der Waals surface area contributed by atoms with Gasteiger partial charge in [-0.15, -0.1) is 0 Å². The number of carbonyl (C=O) groups excluding carboxylic acids is 2. The van der Waals surface area contributed by atoms with Crippen LogP contribution in [0.15, 0.2) is 54.2 Å². The number of hydrogen-bond acceptors (Lipinski definition) is 4. The molecule has 2 unspecified atom stereocenters. The van der Waals surface area contributed by atoms with Crippen molar-refractivity contribution in [1.82, 2.24) is 5.32 Å². The van der Waals surface area contributed by atoms with Gasteiger partial charge in [0.2, 0.25) is 5.91 Å². The van der Waals surface area contributed by atoms with Gasteiger partial charge in [-0.1, -0.05) is 41.4 Å². The summed E-state index contributed by atoms with van der Waals surface area (Å²) in [5.74, 6) is -0.404. The van der Waals surface area contributed by atoms with Crippen molar-refractivity contribution in [1.29, 1.82) is 0 Å². The molecule has 2 aromatic carbocycles. The zero-order chi connectivity index (χ0) is 23.1. The molecule has 32 heavy (non-hydrogen) atoms. The molecule has 7 heteroatoms. The number of carbonyl (C=O) groups is 2. The molecule has 4 rings (SSSR count). The SMILES string of the molecule is CC(C)(C)OC(=O)C1CCC(C2(Cc3cccc(Cl)c3)C(=O)Nc3cc(Cl)ccc32)=CN1. The number of nitrogens with one attached hydrogen (secondary N) is 2. The van der Waals surface area contributed by atoms with Gasteiger partial charge in [-0.3, -0.25) is 4.79 Å². The number of ether oxygens (including phenoxy) is 1. The largest absolute Gasteiger partial charge is 0.458 e. The highest BCUT2D eigenvalue weighted by Gasteiger charge is 2.50. The molecule has 0 fully saturated rings. The first kappa shape index (κ1) is 22.7. The number of anilines is 1. The molecule has 0 spiro atoms. The van der Waals surface area contributed by atoms with E-state index in [1.807, 2.05) is 57.3 Å². The third-order valence-corrected chi connectivity index (χ3v) is 6.31. The third kappa shape index (κ3) is 4.37. The molecular formula is C25H26Cl2N2O3. The molecule has 2 N–H and O–H groups in total. The van der Waals surface area contributed by atoms with E-state index < -0.39 is 17.1 Å². The zero-order valence-electron chi connectivity index (χ0n) is 18.3. The number of halogens is 2. The third-order valence-electron chi connectivity index (χ3n) is 5.84. The molecule has 0 aliphatic carbocycles. The lowest BCUT2D eigenvalue weighted by Crippen LogP contribution is -2.45. The summed E-state index contributed by atoms with van der Waals surface area (Å²) in [6.45, 7) is 5.54. The second kappa shape index (κ2) is 8.45. The van der Waals surface area contributed by atoms with Crippen LogP contribution in [0.3, 0.4) is 0 Å². The second-order valence-corrected chi connectivity index (χ2v) is 10.2. The Balaban J connectivity index is 1.72. The Hall–Kier alpha value is -2.50. The molecular weight excluding hydrogens is 447 g/mol. The fourth-order valence-corrected chi connectivity index (χ4v) is 4.84. The fraction of sp³-hybridized carbons (Fsp3) is 0.360. The zero-order valence-corrected chi connectivity index (χ0v) is 19.8. The van der Waals surface area contributed by atoms with Crippen molar-refractivity contribution in [3.8, 4) is 0 Å². The summed E-state index contributed by atoms with van der Waals surface area (Å²) in [4.78, 5) is 26.0. The Bertz CT molecular complexity index is 1110. The van der Waals surface area contributed by atoms with Crippen molar-refractivity contribution in [2.24, 2.45) is 0 Å². The first-order valence-electron chi connectivity index (χ1n) is 10.6. The summed E-state index contributed by atoms with van der Waals surface area (Å²) in [6, 6.07) is 12.6. The molecule has 2 aliphatic heterocycles. The fourth-order valence-electron chi connectivity index (χ4n) is 4.46. The minimum atomic E-state index is -0.920. The van der Waals surface area contributed by atoms with Gasteiger partial charge in [0.15, 0.2) is 0 Å². The highest BCUT2D eigenvalue weighted by molar-refractivity contribution is 6.31. The van der Waals surface area contributed by atoms with Crippen LogP contribution in [0.4, 0.5) is 5.69 Å². The Kier molecular flexibility index (Phi) is 5.99. The van der Waals surface area contributed by atoms with E-state index in [1.165, 1.54) is 0 Å². The van der Waals surface area contributed by atoms with Crippen molar-refractivity contribution in [3.05, 3.63) is 75.4 Å². The molecule has 0 saturated heterocycles. The quantitative estimate of drug-likeness (QED) is 0.584. The summed E-state index contributed by atoms with van der Waals surface area (Å²) in [6.07, 6.45) is 3.37. The van der Waals surface area contributed by atoms with Gasteiger partial charge >= 0.3 is 5.97 Å². The predicted octanol–water partition coefficient (Wildman–Crippen LogP) is 5.40. The molecule has 0 saturated carbocycles. The minimum Gasteiger partial charge on any atom is -0.458 e. The maximum atomic E-state index is 13.5. The molecule has 2 heterocycles.